The van der Waals surface area contributed by atoms with Crippen molar-refractivity contribution in [3.05, 3.63) is 28.2 Å². The number of carbonyl (C=O) groups excluding carboxylic acids is 2. The van der Waals surface area contributed by atoms with E-state index in [1.165, 1.54) is 0 Å². The zero-order chi connectivity index (χ0) is 14.7. The molecule has 0 aromatic heterocycles. The van der Waals surface area contributed by atoms with Crippen molar-refractivity contribution >= 4 is 40.7 Å². The zero-order valence-corrected chi connectivity index (χ0v) is 12.5. The Kier molecular flexibility index (Phi) is 4.86. The second-order valence-corrected chi connectivity index (χ2v) is 5.58. The number of nitrogens with one attached hydrogen (secondary N) is 1. The molecule has 1 fully saturated rings. The van der Waals surface area contributed by atoms with Gasteiger partial charge in [0.05, 0.1) is 0 Å². The minimum Gasteiger partial charge on any atom is -0.332 e. The highest BCUT2D eigenvalue weighted by molar-refractivity contribution is 6.40. The monoisotopic (exact) mass is 315 g/mol. The number of hydrogen-bond acceptors (Lipinski definition) is 3. The fraction of sp³-hybridized carbons (Fsp3) is 0.385. The van der Waals surface area contributed by atoms with Crippen molar-refractivity contribution in [2.75, 3.05) is 38.5 Å². The average molecular weight is 316 g/mol. The third kappa shape index (κ3) is 3.85. The summed E-state index contributed by atoms with van der Waals surface area (Å²) < 4.78 is 0. The first-order valence-electron chi connectivity index (χ1n) is 6.20. The van der Waals surface area contributed by atoms with Crippen LogP contribution in [0.25, 0.3) is 0 Å². The van der Waals surface area contributed by atoms with Crippen molar-refractivity contribution in [3.63, 3.8) is 0 Å². The standard InChI is InChI=1S/C13H15Cl2N3O2/c1-17-2-4-18(5-3-17)13(20)12(19)16-11-7-9(14)6-10(15)8-11/h6-8H,2-5H2,1H3,(H,16,19). The summed E-state index contributed by atoms with van der Waals surface area (Å²) in [7, 11) is 1.98. The van der Waals surface area contributed by atoms with E-state index in [1.807, 2.05) is 7.05 Å². The van der Waals surface area contributed by atoms with Gasteiger partial charge in [0.1, 0.15) is 0 Å². The molecule has 1 saturated heterocycles. The minimum absolute atomic E-state index is 0.403. The van der Waals surface area contributed by atoms with Gasteiger partial charge in [0.25, 0.3) is 0 Å². The van der Waals surface area contributed by atoms with Crippen LogP contribution in [-0.2, 0) is 9.59 Å². The fourth-order valence-corrected chi connectivity index (χ4v) is 2.49. The molecule has 0 unspecified atom stereocenters. The lowest BCUT2D eigenvalue weighted by molar-refractivity contribution is -0.144. The number of likely N-dealkylation sites (N-methyl/N-ethyl adjacent to an activating group) is 1. The maximum absolute atomic E-state index is 12.0. The highest BCUT2D eigenvalue weighted by Gasteiger charge is 2.24. The van der Waals surface area contributed by atoms with E-state index in [4.69, 9.17) is 23.2 Å². The molecule has 7 heteroatoms. The number of amides is 2. The topological polar surface area (TPSA) is 52.7 Å². The largest absolute Gasteiger partial charge is 0.332 e. The number of benzene rings is 1. The van der Waals surface area contributed by atoms with Crippen molar-refractivity contribution < 1.29 is 9.59 Å². The molecule has 1 aromatic carbocycles. The first-order valence-corrected chi connectivity index (χ1v) is 6.96. The fourth-order valence-electron chi connectivity index (χ4n) is 1.96. The summed E-state index contributed by atoms with van der Waals surface area (Å²) in [5.41, 5.74) is 0.412. The number of carbonyl (C=O) groups is 2. The van der Waals surface area contributed by atoms with E-state index in [0.29, 0.717) is 28.8 Å². The van der Waals surface area contributed by atoms with Crippen molar-refractivity contribution in [3.8, 4) is 0 Å². The lowest BCUT2D eigenvalue weighted by Crippen LogP contribution is -2.50. The normalized spacial score (nSPS) is 16.1. The number of piperazine rings is 1. The van der Waals surface area contributed by atoms with Gasteiger partial charge in [-0.05, 0) is 25.2 Å². The van der Waals surface area contributed by atoms with Crippen LogP contribution in [0.3, 0.4) is 0 Å². The third-order valence-electron chi connectivity index (χ3n) is 3.11. The highest BCUT2D eigenvalue weighted by Crippen LogP contribution is 2.22. The minimum atomic E-state index is -0.673. The van der Waals surface area contributed by atoms with Crippen LogP contribution in [0.5, 0.6) is 0 Å². The number of rotatable bonds is 1. The summed E-state index contributed by atoms with van der Waals surface area (Å²) in [6, 6.07) is 4.65. The summed E-state index contributed by atoms with van der Waals surface area (Å²) in [5.74, 6) is -1.21. The van der Waals surface area contributed by atoms with E-state index in [-0.39, 0.29) is 0 Å². The SMILES string of the molecule is CN1CCN(C(=O)C(=O)Nc2cc(Cl)cc(Cl)c2)CC1. The van der Waals surface area contributed by atoms with E-state index < -0.39 is 11.8 Å². The lowest BCUT2D eigenvalue weighted by Gasteiger charge is -2.31. The second kappa shape index (κ2) is 6.43. The Balaban J connectivity index is 1.99. The van der Waals surface area contributed by atoms with Crippen LogP contribution < -0.4 is 5.32 Å². The summed E-state index contributed by atoms with van der Waals surface area (Å²) in [4.78, 5) is 27.6. The Morgan fingerprint density at radius 1 is 1.05 bits per heavy atom. The molecule has 1 aliphatic heterocycles. The molecule has 0 aliphatic carbocycles. The van der Waals surface area contributed by atoms with Gasteiger partial charge in [0.2, 0.25) is 0 Å². The van der Waals surface area contributed by atoms with E-state index in [2.05, 4.69) is 10.2 Å². The van der Waals surface area contributed by atoms with Crippen LogP contribution >= 0.6 is 23.2 Å². The molecule has 5 nitrogen and oxygen atoms in total. The molecular formula is C13H15Cl2N3O2. The smallest absolute Gasteiger partial charge is 0.313 e. The predicted octanol–water partition coefficient (Wildman–Crippen LogP) is 1.71. The Morgan fingerprint density at radius 2 is 1.60 bits per heavy atom. The van der Waals surface area contributed by atoms with E-state index in [9.17, 15) is 9.59 Å². The maximum Gasteiger partial charge on any atom is 0.313 e. The van der Waals surface area contributed by atoms with Crippen molar-refractivity contribution in [2.24, 2.45) is 0 Å². The van der Waals surface area contributed by atoms with Gasteiger partial charge < -0.3 is 15.1 Å². The molecule has 0 saturated carbocycles. The molecule has 20 heavy (non-hydrogen) atoms. The lowest BCUT2D eigenvalue weighted by atomic mass is 10.3. The predicted molar refractivity (Wildman–Crippen MR) is 79.2 cm³/mol. The van der Waals surface area contributed by atoms with Gasteiger partial charge in [-0.1, -0.05) is 23.2 Å². The quantitative estimate of drug-likeness (QED) is 0.803. The molecule has 2 amide bonds. The number of nitrogens with zero attached hydrogens (tertiary/aromatic N) is 2. The molecule has 0 radical (unpaired) electrons. The van der Waals surface area contributed by atoms with Gasteiger partial charge in [-0.2, -0.15) is 0 Å². The number of halogens is 2. The second-order valence-electron chi connectivity index (χ2n) is 4.71. The van der Waals surface area contributed by atoms with Crippen molar-refractivity contribution in [2.45, 2.75) is 0 Å². The molecule has 0 bridgehead atoms. The van der Waals surface area contributed by atoms with Crippen LogP contribution in [0, 0.1) is 0 Å². The summed E-state index contributed by atoms with van der Waals surface area (Å²) in [5, 5.41) is 3.32. The molecule has 1 aromatic rings. The van der Waals surface area contributed by atoms with E-state index in [0.717, 1.165) is 13.1 Å². The molecule has 2 rings (SSSR count). The van der Waals surface area contributed by atoms with Crippen molar-refractivity contribution in [1.29, 1.82) is 0 Å². The van der Waals surface area contributed by atoms with Crippen LogP contribution in [0.4, 0.5) is 5.69 Å². The molecule has 1 aliphatic rings. The van der Waals surface area contributed by atoms with Crippen LogP contribution in [0.1, 0.15) is 0 Å². The molecule has 0 atom stereocenters. The van der Waals surface area contributed by atoms with Crippen LogP contribution in [0.2, 0.25) is 10.0 Å². The number of anilines is 1. The molecule has 0 spiro atoms. The van der Waals surface area contributed by atoms with Gasteiger partial charge in [0, 0.05) is 41.9 Å². The third-order valence-corrected chi connectivity index (χ3v) is 3.54. The van der Waals surface area contributed by atoms with Gasteiger partial charge in [-0.25, -0.2) is 0 Å². The van der Waals surface area contributed by atoms with Gasteiger partial charge in [0.15, 0.2) is 0 Å². The van der Waals surface area contributed by atoms with Gasteiger partial charge >= 0.3 is 11.8 Å². The van der Waals surface area contributed by atoms with Crippen LogP contribution in [0.15, 0.2) is 18.2 Å². The Labute approximate surface area is 127 Å². The maximum atomic E-state index is 12.0. The van der Waals surface area contributed by atoms with Crippen LogP contribution in [-0.4, -0.2) is 54.8 Å². The zero-order valence-electron chi connectivity index (χ0n) is 11.0. The molecule has 1 N–H and O–H groups in total. The first kappa shape index (κ1) is 15.1. The van der Waals surface area contributed by atoms with E-state index >= 15 is 0 Å². The molecule has 1 heterocycles. The summed E-state index contributed by atoms with van der Waals surface area (Å²) in [6.07, 6.45) is 0. The summed E-state index contributed by atoms with van der Waals surface area (Å²) >= 11 is 11.7. The Bertz CT molecular complexity index is 508. The number of hydrogen-bond donors (Lipinski definition) is 1. The van der Waals surface area contributed by atoms with Gasteiger partial charge in [-0.3, -0.25) is 9.59 Å². The Morgan fingerprint density at radius 3 is 2.15 bits per heavy atom. The average Bonchev–Trinajstić information content (AvgIpc) is 2.37. The van der Waals surface area contributed by atoms with Gasteiger partial charge in [-0.15, -0.1) is 0 Å². The first-order chi connectivity index (χ1) is 9.45. The molecule has 108 valence electrons. The Hall–Kier alpha value is -1.30. The van der Waals surface area contributed by atoms with E-state index in [1.54, 1.807) is 23.1 Å². The highest BCUT2D eigenvalue weighted by atomic mass is 35.5. The molecular weight excluding hydrogens is 301 g/mol. The summed E-state index contributed by atoms with van der Waals surface area (Å²) in [6.45, 7) is 2.64. The van der Waals surface area contributed by atoms with Crippen molar-refractivity contribution in [1.82, 2.24) is 9.80 Å².